The third-order valence-electron chi connectivity index (χ3n) is 6.48. The molecule has 0 aliphatic carbocycles. The highest BCUT2D eigenvalue weighted by atomic mass is 35.5. The summed E-state index contributed by atoms with van der Waals surface area (Å²) in [5, 5.41) is 0. The van der Waals surface area contributed by atoms with E-state index in [2.05, 4.69) is 114 Å². The van der Waals surface area contributed by atoms with E-state index in [0.717, 1.165) is 32.7 Å². The van der Waals surface area contributed by atoms with Crippen molar-refractivity contribution in [2.75, 3.05) is 26.2 Å². The SMILES string of the molecule is Cc1sc(-c2ccccc2)cc1CN1CCN(C(c2ccccc2)c2ccccc2)CC1.Cl.Cl. The molecule has 1 aliphatic rings. The molecule has 0 N–H and O–H groups in total. The molecule has 1 aliphatic heterocycles. The van der Waals surface area contributed by atoms with Crippen molar-refractivity contribution in [1.29, 1.82) is 0 Å². The van der Waals surface area contributed by atoms with Crippen molar-refractivity contribution in [3.63, 3.8) is 0 Å². The van der Waals surface area contributed by atoms with Crippen LogP contribution in [0.5, 0.6) is 0 Å². The van der Waals surface area contributed by atoms with Gasteiger partial charge in [0.1, 0.15) is 0 Å². The van der Waals surface area contributed by atoms with E-state index >= 15 is 0 Å². The molecule has 178 valence electrons. The van der Waals surface area contributed by atoms with E-state index < -0.39 is 0 Å². The number of hydrogen-bond acceptors (Lipinski definition) is 3. The lowest BCUT2D eigenvalue weighted by molar-refractivity contribution is 0.105. The van der Waals surface area contributed by atoms with Crippen molar-refractivity contribution in [2.24, 2.45) is 0 Å². The highest BCUT2D eigenvalue weighted by Gasteiger charge is 2.26. The molecule has 0 amide bonds. The van der Waals surface area contributed by atoms with Gasteiger partial charge in [0.15, 0.2) is 0 Å². The zero-order valence-corrected chi connectivity index (χ0v) is 21.9. The molecule has 0 saturated carbocycles. The lowest BCUT2D eigenvalue weighted by atomic mass is 9.96. The fourth-order valence-electron chi connectivity index (χ4n) is 4.73. The fraction of sp³-hybridized carbons (Fsp3) is 0.241. The van der Waals surface area contributed by atoms with Crippen LogP contribution >= 0.6 is 36.2 Å². The molecule has 3 aromatic carbocycles. The van der Waals surface area contributed by atoms with Crippen molar-refractivity contribution >= 4 is 36.2 Å². The smallest absolute Gasteiger partial charge is 0.0602 e. The van der Waals surface area contributed by atoms with E-state index in [1.165, 1.54) is 32.0 Å². The van der Waals surface area contributed by atoms with E-state index in [1.807, 2.05) is 11.3 Å². The summed E-state index contributed by atoms with van der Waals surface area (Å²) in [7, 11) is 0. The Balaban J connectivity index is 0.00000162. The maximum Gasteiger partial charge on any atom is 0.0602 e. The van der Waals surface area contributed by atoms with Gasteiger partial charge in [-0.1, -0.05) is 91.0 Å². The molecule has 1 aromatic heterocycles. The molecular formula is C29H32Cl2N2S. The summed E-state index contributed by atoms with van der Waals surface area (Å²) in [6.07, 6.45) is 0. The Morgan fingerprint density at radius 1 is 0.706 bits per heavy atom. The van der Waals surface area contributed by atoms with Crippen LogP contribution in [-0.2, 0) is 6.54 Å². The number of halogens is 2. The molecule has 0 unspecified atom stereocenters. The van der Waals surface area contributed by atoms with E-state index in [1.54, 1.807) is 0 Å². The highest BCUT2D eigenvalue weighted by molar-refractivity contribution is 7.15. The van der Waals surface area contributed by atoms with Gasteiger partial charge in [-0.3, -0.25) is 9.80 Å². The Morgan fingerprint density at radius 3 is 1.74 bits per heavy atom. The van der Waals surface area contributed by atoms with Crippen molar-refractivity contribution in [3.8, 4) is 10.4 Å². The minimum Gasteiger partial charge on any atom is -0.297 e. The largest absolute Gasteiger partial charge is 0.297 e. The predicted octanol–water partition coefficient (Wildman–Crippen LogP) is 7.47. The molecule has 4 aromatic rings. The van der Waals surface area contributed by atoms with Crippen molar-refractivity contribution < 1.29 is 0 Å². The third-order valence-corrected chi connectivity index (χ3v) is 7.62. The van der Waals surface area contributed by atoms with Crippen LogP contribution in [0.3, 0.4) is 0 Å². The molecule has 5 rings (SSSR count). The first-order chi connectivity index (χ1) is 15.8. The van der Waals surface area contributed by atoms with Crippen molar-refractivity contribution in [2.45, 2.75) is 19.5 Å². The first-order valence-electron chi connectivity index (χ1n) is 11.5. The monoisotopic (exact) mass is 510 g/mol. The normalized spacial score (nSPS) is 14.4. The van der Waals surface area contributed by atoms with Crippen LogP contribution in [0.4, 0.5) is 0 Å². The van der Waals surface area contributed by atoms with Gasteiger partial charge in [0.25, 0.3) is 0 Å². The summed E-state index contributed by atoms with van der Waals surface area (Å²) in [6, 6.07) is 35.4. The maximum atomic E-state index is 2.65. The first kappa shape index (κ1) is 26.5. The number of benzene rings is 3. The minimum absolute atomic E-state index is 0. The van der Waals surface area contributed by atoms with E-state index in [-0.39, 0.29) is 24.8 Å². The van der Waals surface area contributed by atoms with Gasteiger partial charge in [0.05, 0.1) is 6.04 Å². The molecule has 5 heteroatoms. The van der Waals surface area contributed by atoms with Crippen molar-refractivity contribution in [3.05, 3.63) is 119 Å². The third kappa shape index (κ3) is 6.10. The molecule has 1 fully saturated rings. The fourth-order valence-corrected chi connectivity index (χ4v) is 5.77. The standard InChI is InChI=1S/C29H30N2S.2ClH/c1-23-27(21-28(32-23)24-11-5-2-6-12-24)22-30-17-19-31(20-18-30)29(25-13-7-3-8-14-25)26-15-9-4-10-16-26;;/h2-16,21,29H,17-20,22H2,1H3;2*1H. The van der Waals surface area contributed by atoms with Crippen LogP contribution in [-0.4, -0.2) is 36.0 Å². The molecule has 0 bridgehead atoms. The van der Waals surface area contributed by atoms with Gasteiger partial charge in [0.2, 0.25) is 0 Å². The average Bonchev–Trinajstić information content (AvgIpc) is 3.22. The molecule has 0 atom stereocenters. The zero-order chi connectivity index (χ0) is 21.8. The topological polar surface area (TPSA) is 6.48 Å². The summed E-state index contributed by atoms with van der Waals surface area (Å²) in [4.78, 5) is 8.09. The van der Waals surface area contributed by atoms with Crippen LogP contribution < -0.4 is 0 Å². The summed E-state index contributed by atoms with van der Waals surface area (Å²) in [6.45, 7) is 7.69. The number of rotatable bonds is 6. The van der Waals surface area contributed by atoms with E-state index in [4.69, 9.17) is 0 Å². The second-order valence-corrected chi connectivity index (χ2v) is 9.85. The van der Waals surface area contributed by atoms with Crippen molar-refractivity contribution in [1.82, 2.24) is 9.80 Å². The van der Waals surface area contributed by atoms with Crippen LogP contribution in [0.25, 0.3) is 10.4 Å². The Hall–Kier alpha value is -2.14. The van der Waals surface area contributed by atoms with Gasteiger partial charge in [-0.25, -0.2) is 0 Å². The zero-order valence-electron chi connectivity index (χ0n) is 19.5. The Bertz CT molecular complexity index is 1090. The Labute approximate surface area is 220 Å². The number of piperazine rings is 1. The number of hydrogen-bond donors (Lipinski definition) is 0. The van der Waals surface area contributed by atoms with Crippen LogP contribution in [0, 0.1) is 6.92 Å². The van der Waals surface area contributed by atoms with Crippen LogP contribution in [0.2, 0.25) is 0 Å². The Morgan fingerprint density at radius 2 is 1.21 bits per heavy atom. The molecule has 1 saturated heterocycles. The maximum absolute atomic E-state index is 2.65. The van der Waals surface area contributed by atoms with Gasteiger partial charge in [-0.15, -0.1) is 36.2 Å². The van der Waals surface area contributed by atoms with Gasteiger partial charge >= 0.3 is 0 Å². The quantitative estimate of drug-likeness (QED) is 0.265. The summed E-state index contributed by atoms with van der Waals surface area (Å²) in [5.74, 6) is 0. The summed E-state index contributed by atoms with van der Waals surface area (Å²) in [5.41, 5.74) is 5.57. The first-order valence-corrected chi connectivity index (χ1v) is 12.3. The molecular weight excluding hydrogens is 479 g/mol. The summed E-state index contributed by atoms with van der Waals surface area (Å²) >= 11 is 1.92. The van der Waals surface area contributed by atoms with E-state index in [0.29, 0.717) is 6.04 Å². The predicted molar refractivity (Wildman–Crippen MR) is 151 cm³/mol. The van der Waals surface area contributed by atoms with Gasteiger partial charge < -0.3 is 0 Å². The van der Waals surface area contributed by atoms with Crippen LogP contribution in [0.15, 0.2) is 97.1 Å². The number of nitrogens with zero attached hydrogens (tertiary/aromatic N) is 2. The lowest BCUT2D eigenvalue weighted by Gasteiger charge is -2.39. The lowest BCUT2D eigenvalue weighted by Crippen LogP contribution is -2.47. The average molecular weight is 512 g/mol. The second kappa shape index (κ2) is 12.5. The molecule has 34 heavy (non-hydrogen) atoms. The molecule has 0 spiro atoms. The van der Waals surface area contributed by atoms with Gasteiger partial charge in [-0.05, 0) is 35.2 Å². The molecule has 2 heterocycles. The Kier molecular flexibility index (Phi) is 9.75. The van der Waals surface area contributed by atoms with Crippen LogP contribution in [0.1, 0.15) is 27.6 Å². The molecule has 0 radical (unpaired) electrons. The highest BCUT2D eigenvalue weighted by Crippen LogP contribution is 2.33. The molecule has 2 nitrogen and oxygen atoms in total. The van der Waals surface area contributed by atoms with Gasteiger partial charge in [0, 0.05) is 42.5 Å². The minimum atomic E-state index is 0. The number of thiophene rings is 1. The van der Waals surface area contributed by atoms with Gasteiger partial charge in [-0.2, -0.15) is 0 Å². The van der Waals surface area contributed by atoms with E-state index in [9.17, 15) is 0 Å². The number of aryl methyl sites for hydroxylation is 1. The second-order valence-electron chi connectivity index (χ2n) is 8.59. The summed E-state index contributed by atoms with van der Waals surface area (Å²) < 4.78 is 0.